The van der Waals surface area contributed by atoms with E-state index in [0.29, 0.717) is 23.8 Å². The fraction of sp³-hybridized carbons (Fsp3) is 0.533. The maximum atomic E-state index is 12.5. The molecule has 204 valence electrons. The monoisotopic (exact) mass is 518 g/mol. The number of benzene rings is 1. The summed E-state index contributed by atoms with van der Waals surface area (Å²) in [7, 11) is 0. The normalized spacial score (nSPS) is 14.1. The Morgan fingerprint density at radius 2 is 1.63 bits per heavy atom. The van der Waals surface area contributed by atoms with Crippen molar-refractivity contribution in [2.75, 3.05) is 30.3 Å². The minimum Gasteiger partial charge on any atom is -0.326 e. The van der Waals surface area contributed by atoms with Crippen LogP contribution in [0.3, 0.4) is 0 Å². The molecule has 1 fully saturated rings. The molecule has 0 unspecified atom stereocenters. The predicted octanol–water partition coefficient (Wildman–Crippen LogP) is 6.55. The van der Waals surface area contributed by atoms with Crippen LogP contribution in [-0.2, 0) is 11.3 Å². The first-order valence-corrected chi connectivity index (χ1v) is 14.3. The van der Waals surface area contributed by atoms with Gasteiger partial charge in [0.15, 0.2) is 11.4 Å². The summed E-state index contributed by atoms with van der Waals surface area (Å²) in [6.07, 6.45) is 11.0. The summed E-state index contributed by atoms with van der Waals surface area (Å²) in [5.41, 5.74) is 3.08. The van der Waals surface area contributed by atoms with Crippen molar-refractivity contribution in [2.24, 2.45) is 0 Å². The van der Waals surface area contributed by atoms with Crippen molar-refractivity contribution in [1.82, 2.24) is 19.4 Å². The summed E-state index contributed by atoms with van der Waals surface area (Å²) < 4.78 is 2.11. The number of aryl methyl sites for hydroxylation is 1. The number of Topliss-reactive ketones (excluding diaryl/α,β-unsaturated/α-hetero) is 1. The Labute approximate surface area is 226 Å². The van der Waals surface area contributed by atoms with Crippen LogP contribution in [0.2, 0.25) is 0 Å². The highest BCUT2D eigenvalue weighted by molar-refractivity contribution is 5.94. The molecule has 0 bridgehead atoms. The van der Waals surface area contributed by atoms with Gasteiger partial charge in [0.25, 0.3) is 0 Å². The van der Waals surface area contributed by atoms with Crippen LogP contribution in [-0.4, -0.2) is 50.8 Å². The molecule has 0 radical (unpaired) electrons. The number of carbonyl (C=O) groups is 2. The molecule has 1 aliphatic rings. The van der Waals surface area contributed by atoms with E-state index in [-0.39, 0.29) is 11.7 Å². The first-order chi connectivity index (χ1) is 18.5. The number of imidazole rings is 1. The van der Waals surface area contributed by atoms with E-state index >= 15 is 0 Å². The molecule has 4 rings (SSSR count). The third kappa shape index (κ3) is 7.87. The number of carbonyl (C=O) groups excluding carboxylic acids is 2. The number of piperidine rings is 1. The van der Waals surface area contributed by atoms with Crippen molar-refractivity contribution >= 4 is 40.3 Å². The van der Waals surface area contributed by atoms with Crippen molar-refractivity contribution in [3.8, 4) is 0 Å². The standard InChI is InChI=1S/C30H42N6O2/c1-3-4-5-6-8-12-28(38)33-27-18-17-26-29(34-27)36(22-11-21-35-19-9-7-10-20-35)30(32-26)31-25-15-13-24(14-16-25)23(2)37/h13-18H,3-12,19-22H2,1-2H3,(H,31,32)(H,33,34,38). The van der Waals surface area contributed by atoms with Crippen molar-refractivity contribution in [1.29, 1.82) is 0 Å². The van der Waals surface area contributed by atoms with Crippen LogP contribution in [0, 0.1) is 0 Å². The van der Waals surface area contributed by atoms with Crippen molar-refractivity contribution in [2.45, 2.75) is 84.6 Å². The second-order valence-electron chi connectivity index (χ2n) is 10.4. The third-order valence-corrected chi connectivity index (χ3v) is 7.22. The Morgan fingerprint density at radius 3 is 2.37 bits per heavy atom. The molecule has 1 amide bonds. The van der Waals surface area contributed by atoms with Gasteiger partial charge in [0.05, 0.1) is 0 Å². The SMILES string of the molecule is CCCCCCCC(=O)Nc1ccc2nc(Nc3ccc(C(C)=O)cc3)n(CCCN3CCCCC3)c2n1. The quantitative estimate of drug-likeness (QED) is 0.186. The number of fused-ring (bicyclic) bond motifs is 1. The number of nitrogens with one attached hydrogen (secondary N) is 2. The Bertz CT molecular complexity index is 1200. The smallest absolute Gasteiger partial charge is 0.225 e. The molecule has 1 aromatic carbocycles. The second-order valence-corrected chi connectivity index (χ2v) is 10.4. The number of amides is 1. The molecule has 38 heavy (non-hydrogen) atoms. The van der Waals surface area contributed by atoms with Crippen LogP contribution < -0.4 is 10.6 Å². The molecule has 8 heteroatoms. The maximum absolute atomic E-state index is 12.5. The van der Waals surface area contributed by atoms with Crippen LogP contribution >= 0.6 is 0 Å². The number of hydrogen-bond donors (Lipinski definition) is 2. The summed E-state index contributed by atoms with van der Waals surface area (Å²) >= 11 is 0. The van der Waals surface area contributed by atoms with Crippen molar-refractivity contribution in [3.63, 3.8) is 0 Å². The van der Waals surface area contributed by atoms with Crippen molar-refractivity contribution in [3.05, 3.63) is 42.0 Å². The summed E-state index contributed by atoms with van der Waals surface area (Å²) in [5, 5.41) is 6.41. The number of anilines is 3. The number of unbranched alkanes of at least 4 members (excludes halogenated alkanes) is 4. The maximum Gasteiger partial charge on any atom is 0.225 e. The molecule has 0 aliphatic carbocycles. The van der Waals surface area contributed by atoms with Crippen LogP contribution in [0.25, 0.3) is 11.2 Å². The lowest BCUT2D eigenvalue weighted by molar-refractivity contribution is -0.116. The van der Waals surface area contributed by atoms with Gasteiger partial charge in [-0.05, 0) is 88.6 Å². The lowest BCUT2D eigenvalue weighted by Crippen LogP contribution is -2.31. The van der Waals surface area contributed by atoms with E-state index in [0.717, 1.165) is 49.2 Å². The summed E-state index contributed by atoms with van der Waals surface area (Å²) in [6, 6.07) is 11.2. The van der Waals surface area contributed by atoms with Gasteiger partial charge < -0.3 is 15.5 Å². The third-order valence-electron chi connectivity index (χ3n) is 7.22. The molecular weight excluding hydrogens is 476 g/mol. The van der Waals surface area contributed by atoms with Gasteiger partial charge in [-0.3, -0.25) is 14.2 Å². The van der Waals surface area contributed by atoms with Crippen LogP contribution in [0.1, 0.15) is 88.4 Å². The number of pyridine rings is 1. The van der Waals surface area contributed by atoms with Gasteiger partial charge in [-0.1, -0.05) is 39.0 Å². The molecule has 2 aromatic heterocycles. The van der Waals surface area contributed by atoms with Gasteiger partial charge in [-0.15, -0.1) is 0 Å². The molecule has 2 N–H and O–H groups in total. The summed E-state index contributed by atoms with van der Waals surface area (Å²) in [4.78, 5) is 36.4. The summed E-state index contributed by atoms with van der Waals surface area (Å²) in [5.74, 6) is 1.32. The topological polar surface area (TPSA) is 92.2 Å². The number of hydrogen-bond acceptors (Lipinski definition) is 6. The predicted molar refractivity (Wildman–Crippen MR) is 154 cm³/mol. The van der Waals surface area contributed by atoms with Gasteiger partial charge in [0.2, 0.25) is 11.9 Å². The van der Waals surface area contributed by atoms with E-state index in [2.05, 4.69) is 27.0 Å². The molecule has 8 nitrogen and oxygen atoms in total. The van der Waals surface area contributed by atoms with Gasteiger partial charge in [0.1, 0.15) is 11.3 Å². The lowest BCUT2D eigenvalue weighted by Gasteiger charge is -2.26. The largest absolute Gasteiger partial charge is 0.326 e. The molecule has 3 aromatic rings. The first-order valence-electron chi connectivity index (χ1n) is 14.3. The zero-order valence-corrected chi connectivity index (χ0v) is 23.0. The molecule has 0 spiro atoms. The molecule has 1 aliphatic heterocycles. The van der Waals surface area contributed by atoms with Crippen LogP contribution in [0.5, 0.6) is 0 Å². The fourth-order valence-corrected chi connectivity index (χ4v) is 5.03. The number of likely N-dealkylation sites (tertiary alicyclic amines) is 1. The highest BCUT2D eigenvalue weighted by Crippen LogP contribution is 2.24. The Kier molecular flexibility index (Phi) is 10.3. The first kappa shape index (κ1) is 27.8. The zero-order valence-electron chi connectivity index (χ0n) is 23.0. The molecule has 1 saturated heterocycles. The second kappa shape index (κ2) is 14.0. The molecular formula is C30H42N6O2. The van der Waals surface area contributed by atoms with E-state index in [4.69, 9.17) is 9.97 Å². The minimum absolute atomic E-state index is 0.00780. The van der Waals surface area contributed by atoms with Crippen molar-refractivity contribution < 1.29 is 9.59 Å². The number of nitrogens with zero attached hydrogens (tertiary/aromatic N) is 4. The van der Waals surface area contributed by atoms with Gasteiger partial charge in [-0.25, -0.2) is 9.97 Å². The Hall–Kier alpha value is -3.26. The number of rotatable bonds is 14. The Balaban J connectivity index is 1.49. The minimum atomic E-state index is 0.00780. The Morgan fingerprint density at radius 1 is 0.868 bits per heavy atom. The van der Waals surface area contributed by atoms with Crippen LogP contribution in [0.15, 0.2) is 36.4 Å². The highest BCUT2D eigenvalue weighted by Gasteiger charge is 2.16. The van der Waals surface area contributed by atoms with E-state index in [1.807, 2.05) is 36.4 Å². The average Bonchev–Trinajstić information content (AvgIpc) is 3.25. The number of aromatic nitrogens is 3. The lowest BCUT2D eigenvalue weighted by atomic mass is 10.1. The van der Waals surface area contributed by atoms with Gasteiger partial charge >= 0.3 is 0 Å². The van der Waals surface area contributed by atoms with E-state index in [9.17, 15) is 9.59 Å². The number of ketones is 1. The highest BCUT2D eigenvalue weighted by atomic mass is 16.1. The van der Waals surface area contributed by atoms with Gasteiger partial charge in [0, 0.05) is 24.2 Å². The van der Waals surface area contributed by atoms with E-state index in [1.165, 1.54) is 51.6 Å². The zero-order chi connectivity index (χ0) is 26.7. The molecule has 3 heterocycles. The average molecular weight is 519 g/mol. The molecule has 0 saturated carbocycles. The fourth-order valence-electron chi connectivity index (χ4n) is 5.03. The van der Waals surface area contributed by atoms with E-state index in [1.54, 1.807) is 6.92 Å². The summed E-state index contributed by atoms with van der Waals surface area (Å²) in [6.45, 7) is 7.91. The van der Waals surface area contributed by atoms with Crippen LogP contribution in [0.4, 0.5) is 17.5 Å². The van der Waals surface area contributed by atoms with E-state index < -0.39 is 0 Å². The molecule has 0 atom stereocenters. The van der Waals surface area contributed by atoms with Gasteiger partial charge in [-0.2, -0.15) is 0 Å².